The Morgan fingerprint density at radius 1 is 0.875 bits per heavy atom. The summed E-state index contributed by atoms with van der Waals surface area (Å²) < 4.78 is 5.86. The summed E-state index contributed by atoms with van der Waals surface area (Å²) in [5, 5.41) is 15.6. The fourth-order valence-corrected chi connectivity index (χ4v) is 2.67. The van der Waals surface area contributed by atoms with E-state index in [0.717, 1.165) is 33.2 Å². The van der Waals surface area contributed by atoms with Gasteiger partial charge in [0, 0.05) is 22.4 Å². The van der Waals surface area contributed by atoms with Gasteiger partial charge in [-0.1, -0.05) is 48.5 Å². The highest BCUT2D eigenvalue weighted by molar-refractivity contribution is 6.12. The zero-order valence-corrected chi connectivity index (χ0v) is 12.7. The largest absolute Gasteiger partial charge is 0.456 e. The lowest BCUT2D eigenvalue weighted by Gasteiger charge is -2.02. The molecule has 0 saturated carbocycles. The fraction of sp³-hybridized carbons (Fsp3) is 0. The number of nitrogens with one attached hydrogen (secondary N) is 1. The summed E-state index contributed by atoms with van der Waals surface area (Å²) in [6, 6.07) is 25.2. The van der Waals surface area contributed by atoms with E-state index < -0.39 is 0 Å². The molecule has 0 fully saturated rings. The third-order valence-corrected chi connectivity index (χ3v) is 3.83. The lowest BCUT2D eigenvalue weighted by Crippen LogP contribution is -2.01. The first kappa shape index (κ1) is 14.0. The summed E-state index contributed by atoms with van der Waals surface area (Å²) in [5.41, 5.74) is 6.46. The molecule has 1 N–H and O–H groups in total. The van der Waals surface area contributed by atoms with Gasteiger partial charge in [-0.15, -0.1) is 0 Å². The number of anilines is 1. The Balaban J connectivity index is 1.68. The van der Waals surface area contributed by atoms with E-state index in [9.17, 15) is 5.26 Å². The minimum Gasteiger partial charge on any atom is -0.456 e. The third kappa shape index (κ3) is 2.49. The lowest BCUT2D eigenvalue weighted by molar-refractivity contribution is 0.669. The highest BCUT2D eigenvalue weighted by atomic mass is 16.3. The van der Waals surface area contributed by atoms with Crippen LogP contribution in [0.5, 0.6) is 0 Å². The van der Waals surface area contributed by atoms with Gasteiger partial charge in [0.05, 0.1) is 5.69 Å². The van der Waals surface area contributed by atoms with E-state index in [-0.39, 0.29) is 0 Å². The zero-order valence-electron chi connectivity index (χ0n) is 12.7. The van der Waals surface area contributed by atoms with Gasteiger partial charge in [0.2, 0.25) is 0 Å². The van der Waals surface area contributed by atoms with Crippen molar-refractivity contribution >= 4 is 33.3 Å². The van der Waals surface area contributed by atoms with Gasteiger partial charge >= 0.3 is 0 Å². The topological polar surface area (TPSA) is 61.3 Å². The van der Waals surface area contributed by atoms with Gasteiger partial charge in [-0.2, -0.15) is 10.4 Å². The zero-order chi connectivity index (χ0) is 16.4. The Bertz CT molecular complexity index is 1090. The number of para-hydroxylation sites is 1. The molecule has 0 unspecified atom stereocenters. The molecule has 0 saturated heterocycles. The van der Waals surface area contributed by atoms with Crippen LogP contribution < -0.4 is 5.43 Å². The molecule has 1 heterocycles. The monoisotopic (exact) mass is 311 g/mol. The molecule has 3 aromatic carbocycles. The van der Waals surface area contributed by atoms with Gasteiger partial charge in [-0.05, 0) is 18.2 Å². The van der Waals surface area contributed by atoms with Crippen molar-refractivity contribution in [2.45, 2.75) is 0 Å². The molecule has 0 bridgehead atoms. The van der Waals surface area contributed by atoms with Gasteiger partial charge in [-0.3, -0.25) is 5.43 Å². The van der Waals surface area contributed by atoms with E-state index in [4.69, 9.17) is 4.42 Å². The van der Waals surface area contributed by atoms with Gasteiger partial charge in [0.15, 0.2) is 5.71 Å². The van der Waals surface area contributed by atoms with E-state index in [2.05, 4.69) is 16.6 Å². The first-order valence-corrected chi connectivity index (χ1v) is 7.56. The molecule has 0 amide bonds. The summed E-state index contributed by atoms with van der Waals surface area (Å²) in [6.45, 7) is 0. The van der Waals surface area contributed by atoms with Crippen molar-refractivity contribution in [3.8, 4) is 6.07 Å². The fourth-order valence-electron chi connectivity index (χ4n) is 2.67. The van der Waals surface area contributed by atoms with Gasteiger partial charge in [0.1, 0.15) is 17.2 Å². The van der Waals surface area contributed by atoms with Crippen LogP contribution in [0.2, 0.25) is 0 Å². The molecule has 0 aliphatic heterocycles. The SMILES string of the molecule is N#C/C(=N\Nc1ccc2c(c1)oc1ccccc12)c1ccccc1. The van der Waals surface area contributed by atoms with Crippen LogP contribution >= 0.6 is 0 Å². The molecule has 4 heteroatoms. The van der Waals surface area contributed by atoms with Crippen molar-refractivity contribution in [2.24, 2.45) is 5.10 Å². The molecule has 114 valence electrons. The van der Waals surface area contributed by atoms with Crippen LogP contribution in [-0.2, 0) is 0 Å². The quantitative estimate of drug-likeness (QED) is 0.431. The van der Waals surface area contributed by atoms with Crippen LogP contribution in [0.15, 0.2) is 82.3 Å². The molecular formula is C20H13N3O. The average Bonchev–Trinajstić information content (AvgIpc) is 3.01. The minimum atomic E-state index is 0.334. The Labute approximate surface area is 138 Å². The van der Waals surface area contributed by atoms with Gasteiger partial charge < -0.3 is 4.42 Å². The van der Waals surface area contributed by atoms with E-state index in [0.29, 0.717) is 5.71 Å². The summed E-state index contributed by atoms with van der Waals surface area (Å²) in [6.07, 6.45) is 0. The number of nitrogens with zero attached hydrogens (tertiary/aromatic N) is 2. The molecule has 0 aliphatic rings. The first-order chi connectivity index (χ1) is 11.8. The molecule has 0 atom stereocenters. The molecule has 24 heavy (non-hydrogen) atoms. The van der Waals surface area contributed by atoms with Crippen LogP contribution in [0.3, 0.4) is 0 Å². The molecule has 0 aliphatic carbocycles. The molecule has 4 rings (SSSR count). The molecular weight excluding hydrogens is 298 g/mol. The second-order valence-corrected chi connectivity index (χ2v) is 5.36. The number of hydrogen-bond donors (Lipinski definition) is 1. The van der Waals surface area contributed by atoms with Crippen LogP contribution in [0.25, 0.3) is 21.9 Å². The predicted octanol–water partition coefficient (Wildman–Crippen LogP) is 4.93. The smallest absolute Gasteiger partial charge is 0.167 e. The van der Waals surface area contributed by atoms with Crippen LogP contribution in [0.4, 0.5) is 5.69 Å². The molecule has 0 spiro atoms. The number of furan rings is 1. The van der Waals surface area contributed by atoms with Gasteiger partial charge in [-0.25, -0.2) is 0 Å². The normalized spacial score (nSPS) is 11.5. The van der Waals surface area contributed by atoms with Crippen LogP contribution in [0, 0.1) is 11.3 Å². The Hall–Kier alpha value is -3.58. The standard InChI is InChI=1S/C20H13N3O/c21-13-18(14-6-2-1-3-7-14)23-22-15-10-11-17-16-8-4-5-9-19(16)24-20(17)12-15/h1-12,22H/b23-18+. The Kier molecular flexibility index (Phi) is 3.45. The van der Waals surface area contributed by atoms with E-state index in [1.165, 1.54) is 0 Å². The molecule has 1 aromatic heterocycles. The minimum absolute atomic E-state index is 0.334. The number of benzene rings is 3. The van der Waals surface area contributed by atoms with Crippen molar-refractivity contribution < 1.29 is 4.42 Å². The number of nitriles is 1. The first-order valence-electron chi connectivity index (χ1n) is 7.56. The van der Waals surface area contributed by atoms with E-state index in [1.54, 1.807) is 0 Å². The van der Waals surface area contributed by atoms with Gasteiger partial charge in [0.25, 0.3) is 0 Å². The number of hydrogen-bond acceptors (Lipinski definition) is 4. The number of hydrazone groups is 1. The number of rotatable bonds is 3. The van der Waals surface area contributed by atoms with Crippen molar-refractivity contribution in [1.29, 1.82) is 5.26 Å². The van der Waals surface area contributed by atoms with Crippen molar-refractivity contribution in [3.63, 3.8) is 0 Å². The second kappa shape index (κ2) is 5.90. The summed E-state index contributed by atoms with van der Waals surface area (Å²) in [5.74, 6) is 0. The van der Waals surface area contributed by atoms with Crippen molar-refractivity contribution in [1.82, 2.24) is 0 Å². The molecule has 0 radical (unpaired) electrons. The lowest BCUT2D eigenvalue weighted by atomic mass is 10.1. The summed E-state index contributed by atoms with van der Waals surface area (Å²) in [7, 11) is 0. The summed E-state index contributed by atoms with van der Waals surface area (Å²) >= 11 is 0. The predicted molar refractivity (Wildman–Crippen MR) is 95.9 cm³/mol. The highest BCUT2D eigenvalue weighted by Crippen LogP contribution is 2.30. The maximum Gasteiger partial charge on any atom is 0.167 e. The maximum atomic E-state index is 9.29. The van der Waals surface area contributed by atoms with E-state index >= 15 is 0 Å². The van der Waals surface area contributed by atoms with E-state index in [1.807, 2.05) is 72.8 Å². The number of fused-ring (bicyclic) bond motifs is 3. The maximum absolute atomic E-state index is 9.29. The van der Waals surface area contributed by atoms with Crippen molar-refractivity contribution in [3.05, 3.63) is 78.4 Å². The Morgan fingerprint density at radius 3 is 2.46 bits per heavy atom. The summed E-state index contributed by atoms with van der Waals surface area (Å²) in [4.78, 5) is 0. The highest BCUT2D eigenvalue weighted by Gasteiger charge is 2.07. The average molecular weight is 311 g/mol. The molecule has 4 nitrogen and oxygen atoms in total. The van der Waals surface area contributed by atoms with Crippen LogP contribution in [-0.4, -0.2) is 5.71 Å². The Morgan fingerprint density at radius 2 is 1.62 bits per heavy atom. The third-order valence-electron chi connectivity index (χ3n) is 3.83. The van der Waals surface area contributed by atoms with Crippen molar-refractivity contribution in [2.75, 3.05) is 5.43 Å². The molecule has 4 aromatic rings. The second-order valence-electron chi connectivity index (χ2n) is 5.36. The van der Waals surface area contributed by atoms with Crippen LogP contribution in [0.1, 0.15) is 5.56 Å².